The molecule has 3 rings (SSSR count). The molecule has 0 aromatic heterocycles. The van der Waals surface area contributed by atoms with E-state index in [2.05, 4.69) is 0 Å². The Kier molecular flexibility index (Phi) is 3.03. The zero-order chi connectivity index (χ0) is 13.2. The van der Waals surface area contributed by atoms with Crippen molar-refractivity contribution in [2.75, 3.05) is 7.11 Å². The quantitative estimate of drug-likeness (QED) is 0.894. The van der Waals surface area contributed by atoms with Gasteiger partial charge in [-0.15, -0.1) is 0 Å². The fourth-order valence-corrected chi connectivity index (χ4v) is 2.41. The van der Waals surface area contributed by atoms with Gasteiger partial charge in [0.15, 0.2) is 0 Å². The highest BCUT2D eigenvalue weighted by molar-refractivity contribution is 5.42. The number of rotatable bonds is 2. The average molecular weight is 256 g/mol. The Balaban J connectivity index is 1.84. The first-order valence-electron chi connectivity index (χ1n) is 6.39. The Bertz CT molecular complexity index is 575. The van der Waals surface area contributed by atoms with Gasteiger partial charge in [-0.1, -0.05) is 18.2 Å². The van der Waals surface area contributed by atoms with E-state index in [-0.39, 0.29) is 11.9 Å². The summed E-state index contributed by atoms with van der Waals surface area (Å²) in [6, 6.07) is 13.2. The molecule has 2 aromatic carbocycles. The minimum Gasteiger partial charge on any atom is -0.508 e. The number of phenols is 1. The monoisotopic (exact) mass is 256 g/mol. The van der Waals surface area contributed by atoms with Crippen molar-refractivity contribution in [3.8, 4) is 17.2 Å². The molecule has 1 aliphatic heterocycles. The van der Waals surface area contributed by atoms with E-state index in [0.29, 0.717) is 0 Å². The average Bonchev–Trinajstić information content (AvgIpc) is 2.46. The highest BCUT2D eigenvalue weighted by Crippen LogP contribution is 2.36. The number of aryl methyl sites for hydroxylation is 1. The lowest BCUT2D eigenvalue weighted by atomic mass is 9.97. The molecule has 1 N–H and O–H groups in total. The van der Waals surface area contributed by atoms with Gasteiger partial charge in [0.1, 0.15) is 23.4 Å². The van der Waals surface area contributed by atoms with E-state index in [0.717, 1.165) is 35.5 Å². The van der Waals surface area contributed by atoms with Crippen molar-refractivity contribution in [1.29, 1.82) is 0 Å². The van der Waals surface area contributed by atoms with Gasteiger partial charge in [0.05, 0.1) is 7.11 Å². The maximum Gasteiger partial charge on any atom is 0.127 e. The van der Waals surface area contributed by atoms with E-state index >= 15 is 0 Å². The molecule has 0 saturated heterocycles. The predicted molar refractivity (Wildman–Crippen MR) is 72.8 cm³/mol. The van der Waals surface area contributed by atoms with Gasteiger partial charge in [0.25, 0.3) is 0 Å². The smallest absolute Gasteiger partial charge is 0.127 e. The molecule has 3 heteroatoms. The Labute approximate surface area is 112 Å². The lowest BCUT2D eigenvalue weighted by Gasteiger charge is -2.26. The maximum absolute atomic E-state index is 9.52. The predicted octanol–water partition coefficient (Wildman–Crippen LogP) is 3.47. The molecule has 0 saturated carbocycles. The van der Waals surface area contributed by atoms with E-state index < -0.39 is 0 Å². The molecule has 1 atom stereocenters. The molecule has 0 unspecified atom stereocenters. The van der Waals surface area contributed by atoms with Crippen molar-refractivity contribution in [2.45, 2.75) is 18.9 Å². The number of fused-ring (bicyclic) bond motifs is 1. The second-order valence-corrected chi connectivity index (χ2v) is 4.71. The van der Waals surface area contributed by atoms with Crippen molar-refractivity contribution >= 4 is 0 Å². The Hall–Kier alpha value is -2.16. The summed E-state index contributed by atoms with van der Waals surface area (Å²) in [4.78, 5) is 0. The van der Waals surface area contributed by atoms with Crippen LogP contribution < -0.4 is 9.47 Å². The summed E-state index contributed by atoms with van der Waals surface area (Å²) in [7, 11) is 1.66. The third-order valence-electron chi connectivity index (χ3n) is 3.48. The number of hydrogen-bond acceptors (Lipinski definition) is 3. The molecule has 3 nitrogen and oxygen atoms in total. The molecule has 0 spiro atoms. The topological polar surface area (TPSA) is 38.7 Å². The second kappa shape index (κ2) is 4.84. The van der Waals surface area contributed by atoms with Crippen LogP contribution in [0.3, 0.4) is 0 Å². The third kappa shape index (κ3) is 2.36. The van der Waals surface area contributed by atoms with Crippen LogP contribution in [0.5, 0.6) is 17.2 Å². The van der Waals surface area contributed by atoms with Gasteiger partial charge in [-0.05, 0) is 42.2 Å². The van der Waals surface area contributed by atoms with Gasteiger partial charge < -0.3 is 14.6 Å². The van der Waals surface area contributed by atoms with Crippen LogP contribution in [-0.2, 0) is 6.42 Å². The highest BCUT2D eigenvalue weighted by atomic mass is 16.5. The van der Waals surface area contributed by atoms with E-state index in [9.17, 15) is 5.11 Å². The zero-order valence-electron chi connectivity index (χ0n) is 10.8. The lowest BCUT2D eigenvalue weighted by molar-refractivity contribution is 0.176. The van der Waals surface area contributed by atoms with Crippen molar-refractivity contribution < 1.29 is 14.6 Å². The molecular weight excluding hydrogens is 240 g/mol. The van der Waals surface area contributed by atoms with Crippen LogP contribution in [0.4, 0.5) is 0 Å². The Morgan fingerprint density at radius 3 is 2.68 bits per heavy atom. The Morgan fingerprint density at radius 2 is 1.95 bits per heavy atom. The van der Waals surface area contributed by atoms with Crippen molar-refractivity contribution in [1.82, 2.24) is 0 Å². The Morgan fingerprint density at radius 1 is 1.16 bits per heavy atom. The minimum absolute atomic E-state index is 0.0419. The molecule has 1 heterocycles. The highest BCUT2D eigenvalue weighted by Gasteiger charge is 2.21. The maximum atomic E-state index is 9.52. The van der Waals surface area contributed by atoms with Crippen molar-refractivity contribution in [2.24, 2.45) is 0 Å². The molecule has 0 fully saturated rings. The summed E-state index contributed by atoms with van der Waals surface area (Å²) in [5, 5.41) is 9.52. The van der Waals surface area contributed by atoms with Gasteiger partial charge in [-0.3, -0.25) is 0 Å². The van der Waals surface area contributed by atoms with Crippen LogP contribution in [0, 0.1) is 0 Å². The summed E-state index contributed by atoms with van der Waals surface area (Å²) >= 11 is 0. The van der Waals surface area contributed by atoms with Crippen LogP contribution in [0.15, 0.2) is 42.5 Å². The second-order valence-electron chi connectivity index (χ2n) is 4.71. The van der Waals surface area contributed by atoms with Crippen LogP contribution in [0.25, 0.3) is 0 Å². The summed E-state index contributed by atoms with van der Waals surface area (Å²) in [5.41, 5.74) is 2.29. The summed E-state index contributed by atoms with van der Waals surface area (Å²) in [5.74, 6) is 1.87. The standard InChI is InChI=1S/C16H16O3/c1-18-14-7-3-11(4-8-14)15-9-5-12-2-6-13(17)10-16(12)19-15/h2-4,6-8,10,15,17H,5,9H2,1H3/t15-/m1/s1. The zero-order valence-corrected chi connectivity index (χ0v) is 10.8. The molecule has 2 aromatic rings. The molecule has 0 aliphatic carbocycles. The summed E-state index contributed by atoms with van der Waals surface area (Å²) in [6.07, 6.45) is 1.95. The molecule has 0 amide bonds. The van der Waals surface area contributed by atoms with E-state index in [4.69, 9.17) is 9.47 Å². The fourth-order valence-electron chi connectivity index (χ4n) is 2.41. The largest absolute Gasteiger partial charge is 0.508 e. The van der Waals surface area contributed by atoms with E-state index in [1.807, 2.05) is 30.3 Å². The number of benzene rings is 2. The van der Waals surface area contributed by atoms with Crippen LogP contribution in [-0.4, -0.2) is 12.2 Å². The normalized spacial score (nSPS) is 17.4. The first kappa shape index (κ1) is 11.9. The first-order valence-corrected chi connectivity index (χ1v) is 6.39. The number of ether oxygens (including phenoxy) is 2. The number of hydrogen-bond donors (Lipinski definition) is 1. The third-order valence-corrected chi connectivity index (χ3v) is 3.48. The van der Waals surface area contributed by atoms with Gasteiger partial charge in [-0.25, -0.2) is 0 Å². The molecule has 98 valence electrons. The first-order chi connectivity index (χ1) is 9.26. The van der Waals surface area contributed by atoms with Crippen molar-refractivity contribution in [3.05, 3.63) is 53.6 Å². The molecular formula is C16H16O3. The van der Waals surface area contributed by atoms with E-state index in [1.54, 1.807) is 19.2 Å². The van der Waals surface area contributed by atoms with Gasteiger partial charge >= 0.3 is 0 Å². The summed E-state index contributed by atoms with van der Waals surface area (Å²) < 4.78 is 11.1. The van der Waals surface area contributed by atoms with Gasteiger partial charge in [-0.2, -0.15) is 0 Å². The minimum atomic E-state index is 0.0419. The van der Waals surface area contributed by atoms with Gasteiger partial charge in [0, 0.05) is 6.07 Å². The van der Waals surface area contributed by atoms with Crippen LogP contribution >= 0.6 is 0 Å². The molecule has 0 radical (unpaired) electrons. The number of methoxy groups -OCH3 is 1. The number of aromatic hydroxyl groups is 1. The van der Waals surface area contributed by atoms with Crippen LogP contribution in [0.1, 0.15) is 23.7 Å². The molecule has 19 heavy (non-hydrogen) atoms. The van der Waals surface area contributed by atoms with Crippen LogP contribution in [0.2, 0.25) is 0 Å². The van der Waals surface area contributed by atoms with Gasteiger partial charge in [0.2, 0.25) is 0 Å². The number of phenolic OH excluding ortho intramolecular Hbond substituents is 1. The molecule has 1 aliphatic rings. The summed E-state index contributed by atoms with van der Waals surface area (Å²) in [6.45, 7) is 0. The fraction of sp³-hybridized carbons (Fsp3) is 0.250. The lowest BCUT2D eigenvalue weighted by Crippen LogP contribution is -2.14. The molecule has 0 bridgehead atoms. The van der Waals surface area contributed by atoms with Crippen molar-refractivity contribution in [3.63, 3.8) is 0 Å². The van der Waals surface area contributed by atoms with E-state index in [1.165, 1.54) is 0 Å². The SMILES string of the molecule is COc1ccc([C@H]2CCc3ccc(O)cc3O2)cc1.